The molecule has 10 aromatic heterocycles. The van der Waals surface area contributed by atoms with E-state index in [4.69, 9.17) is 54.6 Å². The number of carbonyl (C=O) groups excluding carboxylic acids is 1. The Balaban J connectivity index is 0. The van der Waals surface area contributed by atoms with Crippen LogP contribution in [0.4, 0.5) is 0 Å². The number of alkyl halides is 3. The number of methoxy groups -OCH3 is 5. The number of pyridine rings is 6. The first-order valence-corrected chi connectivity index (χ1v) is 38.9. The third-order valence-corrected chi connectivity index (χ3v) is 15.7. The summed E-state index contributed by atoms with van der Waals surface area (Å²) in [7, 11) is 13.7. The van der Waals surface area contributed by atoms with E-state index in [0.717, 1.165) is 71.3 Å². The predicted molar refractivity (Wildman–Crippen MR) is 427 cm³/mol. The van der Waals surface area contributed by atoms with Crippen LogP contribution >= 0.6 is 119 Å². The van der Waals surface area contributed by atoms with Gasteiger partial charge < -0.3 is 50.4 Å². The van der Waals surface area contributed by atoms with Crippen molar-refractivity contribution in [2.75, 3.05) is 40.5 Å². The van der Waals surface area contributed by atoms with Crippen LogP contribution in [0.1, 0.15) is 114 Å². The Bertz CT molecular complexity index is 4020. The maximum Gasteiger partial charge on any atom is 1.00 e. The number of aromatic nitrogens is 14. The van der Waals surface area contributed by atoms with Crippen molar-refractivity contribution in [1.29, 1.82) is 0 Å². The summed E-state index contributed by atoms with van der Waals surface area (Å²) in [6.07, 6.45) is 17.7. The third kappa shape index (κ3) is 33.3. The molecule has 0 amide bonds. The number of carbonyl (C=O) groups is 1. The Morgan fingerprint density at radius 1 is 0.563 bits per heavy atom. The Labute approximate surface area is 689 Å². The summed E-state index contributed by atoms with van der Waals surface area (Å²) >= 11 is 21.2. The van der Waals surface area contributed by atoms with Crippen molar-refractivity contribution in [3.63, 3.8) is 0 Å². The molecule has 0 aliphatic rings. The molecule has 0 bridgehead atoms. The maximum atomic E-state index is 11.3. The molecule has 0 aromatic carbocycles. The van der Waals surface area contributed by atoms with E-state index in [1.807, 2.05) is 63.2 Å². The van der Waals surface area contributed by atoms with Crippen molar-refractivity contribution in [2.24, 2.45) is 0 Å². The van der Waals surface area contributed by atoms with Gasteiger partial charge in [-0.25, -0.2) is 29.1 Å². The maximum absolute atomic E-state index is 11.3. The SMILES string of the molecule is CC(C)n1nccc1-c1c[nH]c(=O)cc1CBr.CC(C)n1nccc1B(O)O.CI.COc1cc(C=O)c(Br)cn1.COc1cc(CCl)c(-c2ccnn2C(C)C)cn1.COc1cc(CO)c(-c2ccnn2C(C)C)cn1.COc1cc(CO)c(Br)cn1.COc1ccc(Br)cn1.O=S(Cl)Cl.[B].[H-].[Na+]. The summed E-state index contributed by atoms with van der Waals surface area (Å²) in [4.78, 5) is 46.5. The first-order valence-electron chi connectivity index (χ1n) is 29.9. The summed E-state index contributed by atoms with van der Waals surface area (Å²) in [5.74, 6) is 3.08. The van der Waals surface area contributed by atoms with Gasteiger partial charge in [-0.1, -0.05) is 38.5 Å². The molecule has 0 spiro atoms. The molecule has 26 nitrogen and oxygen atoms in total. The second-order valence-corrected chi connectivity index (χ2v) is 26.9. The minimum absolute atomic E-state index is 0. The van der Waals surface area contributed by atoms with Gasteiger partial charge in [-0.2, -0.15) is 20.4 Å². The van der Waals surface area contributed by atoms with Crippen LogP contribution in [0.25, 0.3) is 33.8 Å². The van der Waals surface area contributed by atoms with E-state index in [9.17, 15) is 14.7 Å². The van der Waals surface area contributed by atoms with E-state index in [2.05, 4.69) is 200 Å². The average Bonchev–Trinajstić information content (AvgIpc) is 1.61. The number of hydrogen-bond acceptors (Lipinski definition) is 21. The second-order valence-electron chi connectivity index (χ2n) is 20.9. The van der Waals surface area contributed by atoms with Crippen molar-refractivity contribution < 1.29 is 83.9 Å². The van der Waals surface area contributed by atoms with Crippen LogP contribution in [-0.2, 0) is 33.7 Å². The van der Waals surface area contributed by atoms with Gasteiger partial charge in [0.25, 0.3) is 0 Å². The van der Waals surface area contributed by atoms with E-state index in [-0.39, 0.29) is 76.3 Å². The van der Waals surface area contributed by atoms with Gasteiger partial charge in [0, 0.05) is 199 Å². The van der Waals surface area contributed by atoms with Gasteiger partial charge in [-0.3, -0.25) is 28.3 Å². The quantitative estimate of drug-likeness (QED) is 0.0175. The fraction of sp³-hybridized carbons (Fsp3) is 0.338. The molecule has 10 heterocycles. The summed E-state index contributed by atoms with van der Waals surface area (Å²) in [6.45, 7) is 16.3. The molecule has 0 aliphatic carbocycles. The number of nitrogens with one attached hydrogen (secondary N) is 1. The van der Waals surface area contributed by atoms with Gasteiger partial charge in [0.15, 0.2) is 6.29 Å². The van der Waals surface area contributed by atoms with Crippen LogP contribution in [0.5, 0.6) is 29.4 Å². The van der Waals surface area contributed by atoms with Crippen LogP contribution in [0.15, 0.2) is 147 Å². The number of ether oxygens (including phenoxy) is 5. The second kappa shape index (κ2) is 53.6. The van der Waals surface area contributed by atoms with Gasteiger partial charge >= 0.3 is 36.7 Å². The molecule has 3 radical (unpaired) electrons. The number of aldehydes is 1. The number of aromatic amines is 1. The van der Waals surface area contributed by atoms with Crippen molar-refractivity contribution in [2.45, 2.75) is 104 Å². The standard InChI is InChI=1S/C13H16ClN3O.C13H17N3O2.C12H14BrN3O.C7H8BrNO2.C7H6BrNO2.C6H11BN2O2.C6H6BrNO.CH3I.B.Cl2OS.Na.H/c1-9(2)17-12(4-5-16-17)11-8-15-13(18-3)6-10(11)7-14;1-9(2)16-12(4-5-15-16)11-7-14-13(18-3)6-10(11)8-17;1-8(2)16-11(3-4-15-16)10-7-14-12(17)5-9(10)6-13;2*1-11-7-2-5(4-10)6(8)3-9-7;1-5(2)9-6(7(10)11)3-4-8-9;1-9-6-3-2-5(7)4-8-6;1-2;;1-4(2)3;;/h4-6,8-9H,7H2,1-3H3;4-7,9,17H,8H2,1-3H3;3-5,7-8H,6H2,1-2H3,(H,14,17);2-3,10H,4H2,1H3;2-4H,1H3;3-5,10-11H,1-2H3;2-4H,1H3;1H3;;;;/q;;;;;;;;;;+1;-1. The normalized spacial score (nSPS) is 10.0. The number of hydrogen-bond donors (Lipinski definition) is 5. The Morgan fingerprint density at radius 2 is 0.942 bits per heavy atom. The summed E-state index contributed by atoms with van der Waals surface area (Å²) in [5.41, 5.74) is 10.3. The van der Waals surface area contributed by atoms with Crippen molar-refractivity contribution in [3.8, 4) is 63.2 Å². The van der Waals surface area contributed by atoms with E-state index < -0.39 is 16.3 Å². The molecule has 0 atom stereocenters. The molecule has 5 N–H and O–H groups in total. The average molecular weight is 1880 g/mol. The first-order chi connectivity index (χ1) is 48.2. The monoisotopic (exact) mass is 1880 g/mol. The molecule has 0 unspecified atom stereocenters. The van der Waals surface area contributed by atoms with Gasteiger partial charge in [0.1, 0.15) is 0 Å². The zero-order chi connectivity index (χ0) is 75.9. The van der Waals surface area contributed by atoms with Gasteiger partial charge in [0.05, 0.1) is 71.4 Å². The fourth-order valence-electron chi connectivity index (χ4n) is 8.33. The third-order valence-electron chi connectivity index (χ3n) is 13.0. The summed E-state index contributed by atoms with van der Waals surface area (Å²) in [6, 6.07) is 20.6. The molecule has 10 rings (SSSR count). The number of halogens is 8. The van der Waals surface area contributed by atoms with E-state index in [1.165, 1.54) is 20.4 Å². The van der Waals surface area contributed by atoms with Crippen LogP contribution in [0.2, 0.25) is 0 Å². The van der Waals surface area contributed by atoms with Crippen LogP contribution in [-0.4, -0.2) is 156 Å². The number of H-pyrrole nitrogens is 1. The zero-order valence-corrected chi connectivity index (χ0v) is 72.9. The fourth-order valence-corrected chi connectivity index (χ4v) is 9.90. The molecule has 10 aromatic rings. The van der Waals surface area contributed by atoms with Crippen LogP contribution < -0.4 is 64.4 Å². The van der Waals surface area contributed by atoms with Gasteiger partial charge in [-0.05, 0) is 161 Å². The molecule has 0 fully saturated rings. The Hall–Kier alpha value is -5.15. The van der Waals surface area contributed by atoms with Crippen LogP contribution in [0, 0.1) is 0 Å². The summed E-state index contributed by atoms with van der Waals surface area (Å²) in [5, 5.41) is 53.4. The molecule has 38 heteroatoms. The van der Waals surface area contributed by atoms with Crippen molar-refractivity contribution in [1.82, 2.24) is 69.0 Å². The van der Waals surface area contributed by atoms with E-state index in [0.29, 0.717) is 62.3 Å². The number of aliphatic hydroxyl groups excluding tert-OH is 2. The minimum Gasteiger partial charge on any atom is -1.00 e. The first kappa shape index (κ1) is 97.8. The molecular formula is C65H82B2Br4Cl3IN14NaO12S. The van der Waals surface area contributed by atoms with Crippen LogP contribution in [0.3, 0.4) is 0 Å². The predicted octanol–water partition coefficient (Wildman–Crippen LogP) is 10.9. The van der Waals surface area contributed by atoms with Gasteiger partial charge in [0.2, 0.25) is 44.2 Å². The van der Waals surface area contributed by atoms with Crippen molar-refractivity contribution >= 4 is 156 Å². The number of nitrogens with zero attached hydrogens (tertiary/aromatic N) is 13. The smallest absolute Gasteiger partial charge is 1.00 e. The van der Waals surface area contributed by atoms with Crippen molar-refractivity contribution in [3.05, 3.63) is 180 Å². The zero-order valence-electron chi connectivity index (χ0n) is 60.3. The molecule has 0 saturated carbocycles. The minimum atomic E-state index is -1.67. The molecule has 553 valence electrons. The molecule has 0 aliphatic heterocycles. The summed E-state index contributed by atoms with van der Waals surface area (Å²) < 4.78 is 43.6. The Morgan fingerprint density at radius 3 is 1.32 bits per heavy atom. The molecule has 103 heavy (non-hydrogen) atoms. The van der Waals surface area contributed by atoms with E-state index in [1.54, 1.807) is 118 Å². The number of aliphatic hydroxyl groups is 2. The largest absolute Gasteiger partial charge is 1.00 e. The number of rotatable bonds is 18. The van der Waals surface area contributed by atoms with E-state index >= 15 is 0 Å². The molecule has 0 saturated heterocycles. The molecular weight excluding hydrogens is 1800 g/mol. The van der Waals surface area contributed by atoms with Gasteiger partial charge in [-0.15, -0.1) is 11.6 Å². The topological polar surface area (TPSA) is 330 Å². The Kier molecular flexibility index (Phi) is 50.9.